The predicted octanol–water partition coefficient (Wildman–Crippen LogP) is 1.70. The minimum atomic E-state index is -0.823. The van der Waals surface area contributed by atoms with E-state index >= 15 is 0 Å². The molecule has 2 unspecified atom stereocenters. The molecule has 2 aromatic rings. The smallest absolute Gasteiger partial charge is 0.264 e. The third-order valence-corrected chi connectivity index (χ3v) is 5.14. The van der Waals surface area contributed by atoms with Crippen molar-refractivity contribution in [2.45, 2.75) is 39.3 Å². The summed E-state index contributed by atoms with van der Waals surface area (Å²) in [4.78, 5) is 37.7. The molecule has 2 atom stereocenters. The van der Waals surface area contributed by atoms with Crippen LogP contribution in [0.5, 0.6) is 5.75 Å². The molecule has 1 aromatic heterocycles. The lowest BCUT2D eigenvalue weighted by Gasteiger charge is -2.16. The van der Waals surface area contributed by atoms with Crippen molar-refractivity contribution in [3.8, 4) is 5.75 Å². The summed E-state index contributed by atoms with van der Waals surface area (Å²) in [5.74, 6) is -0.0114. The van der Waals surface area contributed by atoms with Crippen LogP contribution in [0.1, 0.15) is 52.1 Å². The number of pyridine rings is 1. The molecular weight excluding hydrogens is 358 g/mol. The Balaban J connectivity index is 2.07. The maximum atomic E-state index is 12.9. The fourth-order valence-corrected chi connectivity index (χ4v) is 3.37. The average Bonchev–Trinajstić information content (AvgIpc) is 3.36. The number of hydrogen-bond donors (Lipinski definition) is 2. The van der Waals surface area contributed by atoms with E-state index in [-0.39, 0.29) is 24.1 Å². The molecule has 7 heteroatoms. The third kappa shape index (κ3) is 3.93. The minimum Gasteiger partial charge on any atom is -0.497 e. The second-order valence-electron chi connectivity index (χ2n) is 7.19. The number of aromatic nitrogens is 1. The van der Waals surface area contributed by atoms with Crippen molar-refractivity contribution >= 4 is 11.8 Å². The molecule has 3 rings (SSSR count). The van der Waals surface area contributed by atoms with E-state index in [0.717, 1.165) is 12.0 Å². The lowest BCUT2D eigenvalue weighted by molar-refractivity contribution is 0.0947. The van der Waals surface area contributed by atoms with Gasteiger partial charge in [0.2, 0.25) is 0 Å². The first-order valence-electron chi connectivity index (χ1n) is 9.35. The SMILES string of the molecule is CCc1c(C(=O)NC2CC2C)cn(Cc2cccc(OC)c2)c(=O)c1C(N)=O. The van der Waals surface area contributed by atoms with Gasteiger partial charge in [-0.05, 0) is 42.0 Å². The van der Waals surface area contributed by atoms with Crippen LogP contribution in [0.2, 0.25) is 0 Å². The van der Waals surface area contributed by atoms with Crippen LogP contribution in [-0.2, 0) is 13.0 Å². The number of ether oxygens (including phenoxy) is 1. The van der Waals surface area contributed by atoms with Crippen LogP contribution >= 0.6 is 0 Å². The zero-order valence-corrected chi connectivity index (χ0v) is 16.3. The Hall–Kier alpha value is -3.09. The van der Waals surface area contributed by atoms with Gasteiger partial charge in [-0.1, -0.05) is 26.0 Å². The molecule has 1 aromatic carbocycles. The molecule has 148 valence electrons. The van der Waals surface area contributed by atoms with Crippen LogP contribution in [-0.4, -0.2) is 29.5 Å². The number of amides is 2. The summed E-state index contributed by atoms with van der Waals surface area (Å²) < 4.78 is 6.58. The van der Waals surface area contributed by atoms with Crippen molar-refractivity contribution < 1.29 is 14.3 Å². The predicted molar refractivity (Wildman–Crippen MR) is 106 cm³/mol. The number of methoxy groups -OCH3 is 1. The van der Waals surface area contributed by atoms with Gasteiger partial charge in [-0.25, -0.2) is 0 Å². The van der Waals surface area contributed by atoms with E-state index in [9.17, 15) is 14.4 Å². The quantitative estimate of drug-likeness (QED) is 0.759. The van der Waals surface area contributed by atoms with Crippen molar-refractivity contribution in [3.63, 3.8) is 0 Å². The fraction of sp³-hybridized carbons (Fsp3) is 0.381. The number of carbonyl (C=O) groups is 2. The van der Waals surface area contributed by atoms with E-state index < -0.39 is 11.5 Å². The number of nitrogens with zero attached hydrogens (tertiary/aromatic N) is 1. The van der Waals surface area contributed by atoms with Crippen molar-refractivity contribution in [2.24, 2.45) is 11.7 Å². The van der Waals surface area contributed by atoms with Gasteiger partial charge >= 0.3 is 0 Å². The Kier molecular flexibility index (Phi) is 5.53. The van der Waals surface area contributed by atoms with Crippen LogP contribution in [0.25, 0.3) is 0 Å². The summed E-state index contributed by atoms with van der Waals surface area (Å²) in [7, 11) is 1.56. The highest BCUT2D eigenvalue weighted by Crippen LogP contribution is 2.29. The van der Waals surface area contributed by atoms with Gasteiger partial charge in [-0.3, -0.25) is 14.4 Å². The van der Waals surface area contributed by atoms with E-state index in [1.807, 2.05) is 12.1 Å². The summed E-state index contributed by atoms with van der Waals surface area (Å²) >= 11 is 0. The number of primary amides is 1. The second-order valence-corrected chi connectivity index (χ2v) is 7.19. The van der Waals surface area contributed by atoms with Crippen LogP contribution in [0, 0.1) is 5.92 Å². The van der Waals surface area contributed by atoms with Gasteiger partial charge in [0, 0.05) is 12.2 Å². The average molecular weight is 383 g/mol. The highest BCUT2D eigenvalue weighted by atomic mass is 16.5. The first-order valence-corrected chi connectivity index (χ1v) is 9.35. The third-order valence-electron chi connectivity index (χ3n) is 5.14. The van der Waals surface area contributed by atoms with Crippen LogP contribution < -0.4 is 21.3 Å². The summed E-state index contributed by atoms with van der Waals surface area (Å²) in [6.45, 7) is 4.05. The van der Waals surface area contributed by atoms with Gasteiger partial charge in [0.15, 0.2) is 0 Å². The van der Waals surface area contributed by atoms with Crippen molar-refractivity contribution in [1.29, 1.82) is 0 Å². The van der Waals surface area contributed by atoms with Crippen LogP contribution in [0.3, 0.4) is 0 Å². The standard InChI is InChI=1S/C21H25N3O4/c1-4-15-16(20(26)23-17-8-12(17)2)11-24(21(27)18(15)19(22)25)10-13-6-5-7-14(9-13)28-3/h5-7,9,11-12,17H,4,8,10H2,1-3H3,(H2,22,25)(H,23,26). The monoisotopic (exact) mass is 383 g/mol. The molecule has 1 aliphatic carbocycles. The molecule has 1 heterocycles. The number of nitrogens with one attached hydrogen (secondary N) is 1. The topological polar surface area (TPSA) is 103 Å². The number of hydrogen-bond acceptors (Lipinski definition) is 4. The second kappa shape index (κ2) is 7.88. The van der Waals surface area contributed by atoms with Gasteiger partial charge < -0.3 is 20.4 Å². The zero-order valence-electron chi connectivity index (χ0n) is 16.3. The molecule has 1 aliphatic rings. The molecular formula is C21H25N3O4. The van der Waals surface area contributed by atoms with Gasteiger partial charge in [-0.2, -0.15) is 0 Å². The van der Waals surface area contributed by atoms with E-state index in [4.69, 9.17) is 10.5 Å². The zero-order chi connectivity index (χ0) is 20.4. The molecule has 7 nitrogen and oxygen atoms in total. The number of nitrogens with two attached hydrogens (primary N) is 1. The maximum absolute atomic E-state index is 12.9. The van der Waals surface area contributed by atoms with Crippen molar-refractivity contribution in [3.05, 3.63) is 63.1 Å². The highest BCUT2D eigenvalue weighted by molar-refractivity contribution is 6.01. The lowest BCUT2D eigenvalue weighted by atomic mass is 10.00. The first-order chi connectivity index (χ1) is 13.3. The summed E-state index contributed by atoms with van der Waals surface area (Å²) in [5, 5.41) is 2.96. The van der Waals surface area contributed by atoms with Crippen molar-refractivity contribution in [1.82, 2.24) is 9.88 Å². The normalized spacial score (nSPS) is 17.8. The largest absolute Gasteiger partial charge is 0.497 e. The first kappa shape index (κ1) is 19.7. The molecule has 0 radical (unpaired) electrons. The molecule has 0 saturated heterocycles. The molecule has 0 aliphatic heterocycles. The van der Waals surface area contributed by atoms with Gasteiger partial charge in [0.1, 0.15) is 11.3 Å². The fourth-order valence-electron chi connectivity index (χ4n) is 3.37. The Morgan fingerprint density at radius 2 is 2.07 bits per heavy atom. The molecule has 0 spiro atoms. The lowest BCUT2D eigenvalue weighted by Crippen LogP contribution is -2.36. The van der Waals surface area contributed by atoms with Crippen LogP contribution in [0.15, 0.2) is 35.3 Å². The molecule has 2 amide bonds. The number of rotatable bonds is 7. The Labute approximate surface area is 163 Å². The molecule has 3 N–H and O–H groups in total. The molecule has 1 saturated carbocycles. The highest BCUT2D eigenvalue weighted by Gasteiger charge is 2.35. The van der Waals surface area contributed by atoms with Crippen molar-refractivity contribution in [2.75, 3.05) is 7.11 Å². The Bertz CT molecular complexity index is 980. The minimum absolute atomic E-state index is 0.123. The molecule has 0 bridgehead atoms. The number of carbonyl (C=O) groups excluding carboxylic acids is 2. The van der Waals surface area contributed by atoms with Gasteiger partial charge in [0.05, 0.1) is 19.2 Å². The summed E-state index contributed by atoms with van der Waals surface area (Å²) in [6.07, 6.45) is 2.81. The van der Waals surface area contributed by atoms with Gasteiger partial charge in [0.25, 0.3) is 17.4 Å². The van der Waals surface area contributed by atoms with E-state index in [2.05, 4.69) is 12.2 Å². The van der Waals surface area contributed by atoms with E-state index in [1.165, 1.54) is 10.8 Å². The van der Waals surface area contributed by atoms with Crippen LogP contribution in [0.4, 0.5) is 0 Å². The Morgan fingerprint density at radius 1 is 1.36 bits per heavy atom. The maximum Gasteiger partial charge on any atom is 0.264 e. The van der Waals surface area contributed by atoms with E-state index in [0.29, 0.717) is 29.2 Å². The summed E-state index contributed by atoms with van der Waals surface area (Å²) in [5.41, 5.74) is 6.40. The number of benzene rings is 1. The molecule has 1 fully saturated rings. The Morgan fingerprint density at radius 3 is 2.64 bits per heavy atom. The van der Waals surface area contributed by atoms with E-state index in [1.54, 1.807) is 26.2 Å². The molecule has 28 heavy (non-hydrogen) atoms. The van der Waals surface area contributed by atoms with Gasteiger partial charge in [-0.15, -0.1) is 0 Å². The summed E-state index contributed by atoms with van der Waals surface area (Å²) in [6, 6.07) is 7.40.